The summed E-state index contributed by atoms with van der Waals surface area (Å²) in [6.45, 7) is 0. The van der Waals surface area contributed by atoms with E-state index in [0.29, 0.717) is 15.3 Å². The summed E-state index contributed by atoms with van der Waals surface area (Å²) in [4.78, 5) is 18.2. The first-order valence-electron chi connectivity index (χ1n) is 4.75. The summed E-state index contributed by atoms with van der Waals surface area (Å²) >= 11 is 8.86. The van der Waals surface area contributed by atoms with Crippen molar-refractivity contribution in [3.05, 3.63) is 50.3 Å². The fourth-order valence-electron chi connectivity index (χ4n) is 1.28. The molecule has 1 N–H and O–H groups in total. The average Bonchev–Trinajstić information content (AvgIpc) is 2.31. The van der Waals surface area contributed by atoms with Crippen molar-refractivity contribution < 1.29 is 4.92 Å². The van der Waals surface area contributed by atoms with Crippen LogP contribution in [0.1, 0.15) is 0 Å². The molecule has 0 amide bonds. The minimum atomic E-state index is -0.511. The third-order valence-electron chi connectivity index (χ3n) is 2.02. The molecule has 2 heterocycles. The summed E-state index contributed by atoms with van der Waals surface area (Å²) in [5, 5.41) is 14.0. The van der Waals surface area contributed by atoms with Crippen molar-refractivity contribution >= 4 is 44.7 Å². The van der Waals surface area contributed by atoms with E-state index in [2.05, 4.69) is 31.2 Å². The topological polar surface area (TPSA) is 81.0 Å². The molecule has 0 fully saturated rings. The van der Waals surface area contributed by atoms with Crippen LogP contribution in [0.2, 0.25) is 5.15 Å². The van der Waals surface area contributed by atoms with Gasteiger partial charge in [0.15, 0.2) is 0 Å². The number of rotatable bonds is 3. The molecular formula is C10H6BrClN4O2. The van der Waals surface area contributed by atoms with Gasteiger partial charge in [-0.05, 0) is 28.1 Å². The second kappa shape index (κ2) is 5.28. The monoisotopic (exact) mass is 328 g/mol. The van der Waals surface area contributed by atoms with Crippen molar-refractivity contribution in [3.63, 3.8) is 0 Å². The third-order valence-corrected chi connectivity index (χ3v) is 2.66. The third kappa shape index (κ3) is 2.93. The predicted molar refractivity (Wildman–Crippen MR) is 71.1 cm³/mol. The van der Waals surface area contributed by atoms with Gasteiger partial charge in [-0.1, -0.05) is 11.6 Å². The molecule has 8 heteroatoms. The highest BCUT2D eigenvalue weighted by molar-refractivity contribution is 9.10. The summed E-state index contributed by atoms with van der Waals surface area (Å²) in [6, 6.07) is 4.56. The standard InChI is InChI=1S/C10H6BrClN4O2/c11-6-3-8(16(17)18)10(14-5-6)15-7-1-2-13-9(12)4-7/h1-5H,(H,13,14,15). The molecule has 18 heavy (non-hydrogen) atoms. The predicted octanol–water partition coefficient (Wildman–Crippen LogP) is 3.54. The second-order valence-corrected chi connectivity index (χ2v) is 4.57. The van der Waals surface area contributed by atoms with Crippen LogP contribution in [0.4, 0.5) is 17.2 Å². The van der Waals surface area contributed by atoms with Gasteiger partial charge in [-0.2, -0.15) is 0 Å². The number of aromatic nitrogens is 2. The van der Waals surface area contributed by atoms with E-state index in [4.69, 9.17) is 11.6 Å². The summed E-state index contributed by atoms with van der Waals surface area (Å²) in [6.07, 6.45) is 2.97. The Kier molecular flexibility index (Phi) is 3.73. The van der Waals surface area contributed by atoms with Crippen LogP contribution in [-0.4, -0.2) is 14.9 Å². The zero-order valence-corrected chi connectivity index (χ0v) is 11.1. The Morgan fingerprint density at radius 1 is 1.39 bits per heavy atom. The summed E-state index contributed by atoms with van der Waals surface area (Å²) < 4.78 is 0.535. The van der Waals surface area contributed by atoms with Gasteiger partial charge in [0.05, 0.1) is 4.92 Å². The quantitative estimate of drug-likeness (QED) is 0.529. The molecular weight excluding hydrogens is 323 g/mol. The summed E-state index contributed by atoms with van der Waals surface area (Å²) in [5.41, 5.74) is 0.449. The molecule has 0 bridgehead atoms. The van der Waals surface area contributed by atoms with E-state index in [1.807, 2.05) is 0 Å². The smallest absolute Gasteiger partial charge is 0.312 e. The van der Waals surface area contributed by atoms with E-state index in [0.717, 1.165) is 0 Å². The molecule has 92 valence electrons. The number of pyridine rings is 2. The van der Waals surface area contributed by atoms with E-state index in [-0.39, 0.29) is 11.5 Å². The van der Waals surface area contributed by atoms with Crippen LogP contribution in [0, 0.1) is 10.1 Å². The second-order valence-electron chi connectivity index (χ2n) is 3.27. The number of nitro groups is 1. The molecule has 0 radical (unpaired) electrons. The molecule has 0 aromatic carbocycles. The van der Waals surface area contributed by atoms with Gasteiger partial charge in [-0.15, -0.1) is 0 Å². The lowest BCUT2D eigenvalue weighted by molar-refractivity contribution is -0.384. The minimum absolute atomic E-state index is 0.127. The lowest BCUT2D eigenvalue weighted by atomic mass is 10.3. The lowest BCUT2D eigenvalue weighted by Gasteiger charge is -2.06. The maximum absolute atomic E-state index is 10.9. The molecule has 0 aliphatic rings. The number of anilines is 2. The van der Waals surface area contributed by atoms with E-state index >= 15 is 0 Å². The van der Waals surface area contributed by atoms with Gasteiger partial charge in [0, 0.05) is 28.6 Å². The van der Waals surface area contributed by atoms with Crippen LogP contribution < -0.4 is 5.32 Å². The number of hydrogen-bond acceptors (Lipinski definition) is 5. The van der Waals surface area contributed by atoms with Crippen molar-refractivity contribution in [2.75, 3.05) is 5.32 Å². The summed E-state index contributed by atoms with van der Waals surface area (Å²) in [7, 11) is 0. The fourth-order valence-corrected chi connectivity index (χ4v) is 1.77. The van der Waals surface area contributed by atoms with Crippen LogP contribution in [0.3, 0.4) is 0 Å². The van der Waals surface area contributed by atoms with Crippen LogP contribution in [0.15, 0.2) is 35.1 Å². The lowest BCUT2D eigenvalue weighted by Crippen LogP contribution is -1.99. The van der Waals surface area contributed by atoms with Gasteiger partial charge in [-0.25, -0.2) is 9.97 Å². The van der Waals surface area contributed by atoms with E-state index in [9.17, 15) is 10.1 Å². The molecule has 2 aromatic heterocycles. The Balaban J connectivity index is 2.37. The Bertz CT molecular complexity index is 608. The molecule has 2 rings (SSSR count). The molecule has 0 saturated heterocycles. The summed E-state index contributed by atoms with van der Waals surface area (Å²) in [5.74, 6) is 0.144. The molecule has 0 saturated carbocycles. The molecule has 0 unspecified atom stereocenters. The van der Waals surface area contributed by atoms with Crippen molar-refractivity contribution in [2.24, 2.45) is 0 Å². The van der Waals surface area contributed by atoms with E-state index in [1.165, 1.54) is 18.5 Å². The highest BCUT2D eigenvalue weighted by atomic mass is 79.9. The number of nitrogens with one attached hydrogen (secondary N) is 1. The fraction of sp³-hybridized carbons (Fsp3) is 0. The zero-order chi connectivity index (χ0) is 13.1. The van der Waals surface area contributed by atoms with Gasteiger partial charge in [0.1, 0.15) is 5.15 Å². The maximum atomic E-state index is 10.9. The van der Waals surface area contributed by atoms with Gasteiger partial charge < -0.3 is 5.32 Å². The largest absolute Gasteiger partial charge is 0.334 e. The zero-order valence-electron chi connectivity index (χ0n) is 8.80. The average molecular weight is 330 g/mol. The van der Waals surface area contributed by atoms with Gasteiger partial charge in [-0.3, -0.25) is 10.1 Å². The van der Waals surface area contributed by atoms with Gasteiger partial charge in [0.2, 0.25) is 5.82 Å². The van der Waals surface area contributed by atoms with Crippen LogP contribution in [0.25, 0.3) is 0 Å². The molecule has 0 aliphatic heterocycles. The highest BCUT2D eigenvalue weighted by Crippen LogP contribution is 2.28. The first-order chi connectivity index (χ1) is 8.56. The van der Waals surface area contributed by atoms with Crippen LogP contribution in [0.5, 0.6) is 0 Å². The number of hydrogen-bond donors (Lipinski definition) is 1. The first kappa shape index (κ1) is 12.7. The van der Waals surface area contributed by atoms with Crippen LogP contribution in [-0.2, 0) is 0 Å². The van der Waals surface area contributed by atoms with Gasteiger partial charge >= 0.3 is 5.69 Å². The Morgan fingerprint density at radius 2 is 2.17 bits per heavy atom. The normalized spacial score (nSPS) is 10.1. The molecule has 2 aromatic rings. The number of nitrogens with zero attached hydrogens (tertiary/aromatic N) is 3. The maximum Gasteiger partial charge on any atom is 0.312 e. The van der Waals surface area contributed by atoms with Crippen molar-refractivity contribution in [2.45, 2.75) is 0 Å². The molecule has 6 nitrogen and oxygen atoms in total. The van der Waals surface area contributed by atoms with Crippen molar-refractivity contribution in [1.29, 1.82) is 0 Å². The molecule has 0 aliphatic carbocycles. The van der Waals surface area contributed by atoms with Crippen molar-refractivity contribution in [3.8, 4) is 0 Å². The SMILES string of the molecule is O=[N+]([O-])c1cc(Br)cnc1Nc1ccnc(Cl)c1. The van der Waals surface area contributed by atoms with E-state index < -0.39 is 4.92 Å². The highest BCUT2D eigenvalue weighted by Gasteiger charge is 2.16. The Labute approximate surface area is 115 Å². The van der Waals surface area contributed by atoms with Gasteiger partial charge in [0.25, 0.3) is 0 Å². The Hall–Kier alpha value is -1.73. The molecule has 0 atom stereocenters. The minimum Gasteiger partial charge on any atom is -0.334 e. The number of halogens is 2. The van der Waals surface area contributed by atoms with E-state index in [1.54, 1.807) is 12.1 Å². The first-order valence-corrected chi connectivity index (χ1v) is 5.92. The van der Waals surface area contributed by atoms with Crippen molar-refractivity contribution in [1.82, 2.24) is 9.97 Å². The molecule has 0 spiro atoms. The van der Waals surface area contributed by atoms with Crippen LogP contribution >= 0.6 is 27.5 Å². The Morgan fingerprint density at radius 3 is 2.83 bits per heavy atom.